The van der Waals surface area contributed by atoms with Crippen molar-refractivity contribution in [3.8, 4) is 0 Å². The maximum absolute atomic E-state index is 12.6. The molecule has 1 saturated heterocycles. The van der Waals surface area contributed by atoms with Crippen molar-refractivity contribution in [3.63, 3.8) is 0 Å². The Morgan fingerprint density at radius 2 is 2.24 bits per heavy atom. The van der Waals surface area contributed by atoms with Crippen LogP contribution in [0.5, 0.6) is 0 Å². The molecule has 0 spiro atoms. The van der Waals surface area contributed by atoms with Crippen molar-refractivity contribution >= 4 is 27.7 Å². The Kier molecular flexibility index (Phi) is 5.55. The van der Waals surface area contributed by atoms with Gasteiger partial charge in [0.15, 0.2) is 5.82 Å². The summed E-state index contributed by atoms with van der Waals surface area (Å²) < 4.78 is 0.762. The lowest BCUT2D eigenvalue weighted by Crippen LogP contribution is -2.38. The van der Waals surface area contributed by atoms with E-state index < -0.39 is 0 Å². The summed E-state index contributed by atoms with van der Waals surface area (Å²) >= 11 is 3.34. The number of carbonyl (C=O) groups is 1. The van der Waals surface area contributed by atoms with E-state index in [4.69, 9.17) is 5.84 Å². The lowest BCUT2D eigenvalue weighted by molar-refractivity contribution is 0.0747. The van der Waals surface area contributed by atoms with E-state index in [1.807, 2.05) is 7.05 Å². The van der Waals surface area contributed by atoms with Crippen LogP contribution in [0.3, 0.4) is 0 Å². The minimum Gasteiger partial charge on any atom is -0.341 e. The highest BCUT2D eigenvalue weighted by Crippen LogP contribution is 2.21. The number of likely N-dealkylation sites (tertiary alicyclic amines) is 1. The molecule has 1 amide bonds. The molecule has 3 N–H and O–H groups in total. The fourth-order valence-electron chi connectivity index (χ4n) is 2.64. The van der Waals surface area contributed by atoms with Gasteiger partial charge < -0.3 is 15.2 Å². The normalized spacial score (nSPS) is 16.8. The summed E-state index contributed by atoms with van der Waals surface area (Å²) in [5, 5.41) is 0. The van der Waals surface area contributed by atoms with Crippen LogP contribution in [0.25, 0.3) is 0 Å². The molecule has 1 fully saturated rings. The van der Waals surface area contributed by atoms with E-state index in [2.05, 4.69) is 38.3 Å². The van der Waals surface area contributed by atoms with Crippen LogP contribution in [-0.2, 0) is 0 Å². The van der Waals surface area contributed by atoms with Crippen LogP contribution in [0.15, 0.2) is 16.7 Å². The number of rotatable bonds is 4. The zero-order valence-electron chi connectivity index (χ0n) is 12.5. The number of nitrogens with one attached hydrogen (secondary N) is 1. The van der Waals surface area contributed by atoms with Crippen molar-refractivity contribution in [2.24, 2.45) is 11.8 Å². The largest absolute Gasteiger partial charge is 0.341 e. The number of aromatic nitrogens is 1. The van der Waals surface area contributed by atoms with E-state index in [-0.39, 0.29) is 5.91 Å². The highest BCUT2D eigenvalue weighted by Gasteiger charge is 2.22. The molecule has 21 heavy (non-hydrogen) atoms. The number of halogens is 1. The Morgan fingerprint density at radius 1 is 1.57 bits per heavy atom. The molecule has 1 aromatic heterocycles. The van der Waals surface area contributed by atoms with E-state index in [1.165, 1.54) is 0 Å². The summed E-state index contributed by atoms with van der Waals surface area (Å²) in [5.74, 6) is 6.34. The van der Waals surface area contributed by atoms with E-state index in [0.29, 0.717) is 17.3 Å². The van der Waals surface area contributed by atoms with Crippen molar-refractivity contribution < 1.29 is 4.79 Å². The topological polar surface area (TPSA) is 74.5 Å². The molecule has 0 aliphatic carbocycles. The van der Waals surface area contributed by atoms with E-state index in [0.717, 1.165) is 36.9 Å². The number of hydrogen-bond acceptors (Lipinski definition) is 5. The van der Waals surface area contributed by atoms with Crippen LogP contribution < -0.4 is 11.3 Å². The zero-order valence-corrected chi connectivity index (χ0v) is 14.1. The SMILES string of the molecule is CN1CCC(CN(C)C(=O)c2cc(Br)cnc2NN)CC1. The van der Waals surface area contributed by atoms with Crippen LogP contribution in [0, 0.1) is 5.92 Å². The van der Waals surface area contributed by atoms with Gasteiger partial charge in [0.25, 0.3) is 5.91 Å². The second kappa shape index (κ2) is 7.20. The highest BCUT2D eigenvalue weighted by atomic mass is 79.9. The number of anilines is 1. The van der Waals surface area contributed by atoms with Gasteiger partial charge in [-0.15, -0.1) is 0 Å². The third-order valence-corrected chi connectivity index (χ3v) is 4.37. The quantitative estimate of drug-likeness (QED) is 0.633. The summed E-state index contributed by atoms with van der Waals surface area (Å²) in [5.41, 5.74) is 2.97. The first-order valence-electron chi connectivity index (χ1n) is 7.07. The fraction of sp³-hybridized carbons (Fsp3) is 0.571. The Bertz CT molecular complexity index is 502. The lowest BCUT2D eigenvalue weighted by atomic mass is 9.96. The van der Waals surface area contributed by atoms with Crippen LogP contribution in [0.2, 0.25) is 0 Å². The number of nitrogens with two attached hydrogens (primary N) is 1. The van der Waals surface area contributed by atoms with Crippen LogP contribution >= 0.6 is 15.9 Å². The first-order chi connectivity index (χ1) is 10.0. The third-order valence-electron chi connectivity index (χ3n) is 3.94. The Hall–Kier alpha value is -1.18. The minimum absolute atomic E-state index is 0.0596. The maximum atomic E-state index is 12.6. The maximum Gasteiger partial charge on any atom is 0.257 e. The predicted octanol–water partition coefficient (Wildman–Crippen LogP) is 1.54. The molecule has 1 aliphatic heterocycles. The van der Waals surface area contributed by atoms with Crippen LogP contribution in [0.4, 0.5) is 5.82 Å². The third kappa shape index (κ3) is 4.15. The van der Waals surface area contributed by atoms with Gasteiger partial charge in [-0.1, -0.05) is 0 Å². The molecule has 0 radical (unpaired) electrons. The van der Waals surface area contributed by atoms with Gasteiger partial charge in [0.05, 0.1) is 5.56 Å². The number of piperidine rings is 1. The van der Waals surface area contributed by atoms with Crippen LogP contribution in [-0.4, -0.2) is 54.4 Å². The number of hydrogen-bond donors (Lipinski definition) is 2. The Balaban J connectivity index is 2.03. The molecular formula is C14H22BrN5O. The van der Waals surface area contributed by atoms with E-state index in [9.17, 15) is 4.79 Å². The molecule has 1 aromatic rings. The summed E-state index contributed by atoms with van der Waals surface area (Å²) in [7, 11) is 3.97. The number of nitrogen functional groups attached to an aromatic ring is 1. The minimum atomic E-state index is -0.0596. The van der Waals surface area contributed by atoms with E-state index in [1.54, 1.807) is 17.2 Å². The average molecular weight is 356 g/mol. The second-order valence-electron chi connectivity index (χ2n) is 5.63. The fourth-order valence-corrected chi connectivity index (χ4v) is 2.97. The molecule has 7 heteroatoms. The molecule has 6 nitrogen and oxygen atoms in total. The van der Waals surface area contributed by atoms with Crippen molar-refractivity contribution in [1.29, 1.82) is 0 Å². The summed E-state index contributed by atoms with van der Waals surface area (Å²) in [6.45, 7) is 2.96. The average Bonchev–Trinajstić information content (AvgIpc) is 2.48. The second-order valence-corrected chi connectivity index (χ2v) is 6.54. The molecule has 116 valence electrons. The number of amides is 1. The predicted molar refractivity (Wildman–Crippen MR) is 86.9 cm³/mol. The summed E-state index contributed by atoms with van der Waals surface area (Å²) in [6, 6.07) is 1.75. The van der Waals surface area contributed by atoms with Crippen molar-refractivity contribution in [2.75, 3.05) is 39.2 Å². The molecule has 0 bridgehead atoms. The number of hydrazine groups is 1. The Labute approximate surface area is 133 Å². The summed E-state index contributed by atoms with van der Waals surface area (Å²) in [4.78, 5) is 20.8. The van der Waals surface area contributed by atoms with Crippen molar-refractivity contribution in [3.05, 3.63) is 22.3 Å². The summed E-state index contributed by atoms with van der Waals surface area (Å²) in [6.07, 6.45) is 3.88. The van der Waals surface area contributed by atoms with Gasteiger partial charge in [-0.2, -0.15) is 0 Å². The molecule has 1 aliphatic rings. The standard InChI is InChI=1S/C14H22BrN5O/c1-19-5-3-10(4-6-19)9-20(2)14(21)12-7-11(15)8-17-13(12)18-16/h7-8,10H,3-6,9,16H2,1-2H3,(H,17,18). The molecule has 0 aromatic carbocycles. The molecule has 2 rings (SSSR count). The Morgan fingerprint density at radius 3 is 2.86 bits per heavy atom. The molecule has 0 saturated carbocycles. The molecule has 0 atom stereocenters. The molecule has 2 heterocycles. The number of carbonyl (C=O) groups excluding carboxylic acids is 1. The zero-order chi connectivity index (χ0) is 15.4. The van der Waals surface area contributed by atoms with Gasteiger partial charge >= 0.3 is 0 Å². The van der Waals surface area contributed by atoms with Gasteiger partial charge in [0.1, 0.15) is 0 Å². The van der Waals surface area contributed by atoms with Crippen molar-refractivity contribution in [2.45, 2.75) is 12.8 Å². The van der Waals surface area contributed by atoms with Gasteiger partial charge in [0.2, 0.25) is 0 Å². The first-order valence-corrected chi connectivity index (χ1v) is 7.86. The number of pyridine rings is 1. The van der Waals surface area contributed by atoms with Gasteiger partial charge in [0, 0.05) is 24.3 Å². The van der Waals surface area contributed by atoms with E-state index >= 15 is 0 Å². The highest BCUT2D eigenvalue weighted by molar-refractivity contribution is 9.10. The first kappa shape index (κ1) is 16.2. The van der Waals surface area contributed by atoms with Crippen molar-refractivity contribution in [1.82, 2.24) is 14.8 Å². The number of nitrogens with zero attached hydrogens (tertiary/aromatic N) is 3. The molecular weight excluding hydrogens is 334 g/mol. The lowest BCUT2D eigenvalue weighted by Gasteiger charge is -2.31. The molecule has 0 unspecified atom stereocenters. The monoisotopic (exact) mass is 355 g/mol. The van der Waals surface area contributed by atoms with Gasteiger partial charge in [-0.3, -0.25) is 4.79 Å². The van der Waals surface area contributed by atoms with Gasteiger partial charge in [-0.05, 0) is 60.9 Å². The smallest absolute Gasteiger partial charge is 0.257 e. The van der Waals surface area contributed by atoms with Gasteiger partial charge in [-0.25, -0.2) is 10.8 Å². The van der Waals surface area contributed by atoms with Crippen LogP contribution in [0.1, 0.15) is 23.2 Å².